The first kappa shape index (κ1) is 22.3. The molecule has 0 heterocycles. The SMILES string of the molecule is CC(=O)Oc1ccc(/C=C/S(=O)(=O)c2ccccc2CCCN)cc1OC(C)=O. The molecule has 29 heavy (non-hydrogen) atoms. The average molecular weight is 417 g/mol. The van der Waals surface area contributed by atoms with E-state index in [4.69, 9.17) is 15.2 Å². The van der Waals surface area contributed by atoms with Crippen LogP contribution in [0.2, 0.25) is 0 Å². The summed E-state index contributed by atoms with van der Waals surface area (Å²) in [4.78, 5) is 22.7. The van der Waals surface area contributed by atoms with Crippen molar-refractivity contribution in [1.82, 2.24) is 0 Å². The quantitative estimate of drug-likeness (QED) is 0.519. The topological polar surface area (TPSA) is 113 Å². The molecule has 0 atom stereocenters. The normalized spacial score (nSPS) is 11.4. The van der Waals surface area contributed by atoms with Gasteiger partial charge in [-0.3, -0.25) is 9.59 Å². The molecular weight excluding hydrogens is 394 g/mol. The zero-order valence-electron chi connectivity index (χ0n) is 16.3. The van der Waals surface area contributed by atoms with Gasteiger partial charge in [-0.1, -0.05) is 24.3 Å². The van der Waals surface area contributed by atoms with E-state index >= 15 is 0 Å². The maximum absolute atomic E-state index is 12.8. The smallest absolute Gasteiger partial charge is 0.308 e. The summed E-state index contributed by atoms with van der Waals surface area (Å²) >= 11 is 0. The van der Waals surface area contributed by atoms with E-state index in [9.17, 15) is 18.0 Å². The number of benzene rings is 2. The Morgan fingerprint density at radius 1 is 1.00 bits per heavy atom. The van der Waals surface area contributed by atoms with Crippen molar-refractivity contribution in [2.24, 2.45) is 5.73 Å². The van der Waals surface area contributed by atoms with Crippen LogP contribution in [0.3, 0.4) is 0 Å². The number of hydrogen-bond acceptors (Lipinski definition) is 7. The van der Waals surface area contributed by atoms with Gasteiger partial charge in [0.25, 0.3) is 0 Å². The number of nitrogens with two attached hydrogens (primary N) is 1. The van der Waals surface area contributed by atoms with Gasteiger partial charge in [0, 0.05) is 19.3 Å². The summed E-state index contributed by atoms with van der Waals surface area (Å²) in [5.74, 6) is -1.07. The van der Waals surface area contributed by atoms with Gasteiger partial charge in [-0.2, -0.15) is 0 Å². The number of aryl methyl sites for hydroxylation is 1. The molecule has 154 valence electrons. The van der Waals surface area contributed by atoms with Crippen molar-refractivity contribution in [1.29, 1.82) is 0 Å². The number of carbonyl (C=O) groups excluding carboxylic acids is 2. The van der Waals surface area contributed by atoms with E-state index in [0.717, 1.165) is 5.41 Å². The van der Waals surface area contributed by atoms with Crippen molar-refractivity contribution >= 4 is 27.9 Å². The first-order chi connectivity index (χ1) is 13.7. The maximum Gasteiger partial charge on any atom is 0.308 e. The van der Waals surface area contributed by atoms with Gasteiger partial charge in [0.1, 0.15) is 0 Å². The van der Waals surface area contributed by atoms with Gasteiger partial charge >= 0.3 is 11.9 Å². The third-order valence-corrected chi connectivity index (χ3v) is 5.35. The number of sulfone groups is 1. The second kappa shape index (κ2) is 9.99. The van der Waals surface area contributed by atoms with Crippen LogP contribution >= 0.6 is 0 Å². The second-order valence-corrected chi connectivity index (χ2v) is 8.04. The number of ether oxygens (including phenoxy) is 2. The van der Waals surface area contributed by atoms with Gasteiger partial charge in [0.2, 0.25) is 0 Å². The summed E-state index contributed by atoms with van der Waals surface area (Å²) in [6.45, 7) is 2.90. The highest BCUT2D eigenvalue weighted by Gasteiger charge is 2.15. The van der Waals surface area contributed by atoms with Gasteiger partial charge < -0.3 is 15.2 Å². The molecule has 8 heteroatoms. The predicted molar refractivity (Wildman–Crippen MR) is 109 cm³/mol. The minimum absolute atomic E-state index is 0.0237. The Balaban J connectivity index is 2.35. The molecule has 0 spiro atoms. The Hall–Kier alpha value is -2.97. The summed E-state index contributed by atoms with van der Waals surface area (Å²) in [5.41, 5.74) is 6.69. The lowest BCUT2D eigenvalue weighted by molar-refractivity contribution is -0.134. The molecule has 0 unspecified atom stereocenters. The van der Waals surface area contributed by atoms with Crippen molar-refractivity contribution in [2.75, 3.05) is 6.54 Å². The van der Waals surface area contributed by atoms with Crippen molar-refractivity contribution in [3.8, 4) is 11.5 Å². The molecule has 0 bridgehead atoms. The van der Waals surface area contributed by atoms with Crippen LogP contribution in [0, 0.1) is 0 Å². The molecule has 0 saturated carbocycles. The van der Waals surface area contributed by atoms with E-state index in [2.05, 4.69) is 0 Å². The fourth-order valence-corrected chi connectivity index (χ4v) is 3.91. The van der Waals surface area contributed by atoms with Crippen LogP contribution in [0.4, 0.5) is 0 Å². The molecule has 0 aliphatic carbocycles. The zero-order valence-corrected chi connectivity index (χ0v) is 17.1. The Labute approximate surface area is 170 Å². The molecule has 2 aromatic carbocycles. The van der Waals surface area contributed by atoms with Gasteiger partial charge in [0.15, 0.2) is 21.3 Å². The summed E-state index contributed by atoms with van der Waals surface area (Å²) in [6, 6.07) is 11.2. The Morgan fingerprint density at radius 3 is 2.31 bits per heavy atom. The van der Waals surface area contributed by atoms with E-state index in [1.54, 1.807) is 30.3 Å². The van der Waals surface area contributed by atoms with E-state index in [-0.39, 0.29) is 16.4 Å². The molecule has 2 rings (SSSR count). The molecular formula is C21H23NO6S. The van der Waals surface area contributed by atoms with Crippen molar-refractivity contribution in [2.45, 2.75) is 31.6 Å². The number of esters is 2. The zero-order chi connectivity index (χ0) is 21.4. The Kier molecular flexibility index (Phi) is 7.69. The second-order valence-electron chi connectivity index (χ2n) is 6.24. The van der Waals surface area contributed by atoms with Crippen LogP contribution in [0.25, 0.3) is 6.08 Å². The fraction of sp³-hybridized carbons (Fsp3) is 0.238. The van der Waals surface area contributed by atoms with Crippen LogP contribution in [0.15, 0.2) is 52.8 Å². The minimum Gasteiger partial charge on any atom is -0.423 e. The summed E-state index contributed by atoms with van der Waals surface area (Å²) in [5, 5.41) is 1.09. The van der Waals surface area contributed by atoms with E-state index in [0.29, 0.717) is 30.5 Å². The van der Waals surface area contributed by atoms with Gasteiger partial charge in [-0.25, -0.2) is 8.42 Å². The first-order valence-electron chi connectivity index (χ1n) is 8.95. The lowest BCUT2D eigenvalue weighted by atomic mass is 10.1. The van der Waals surface area contributed by atoms with Gasteiger partial charge in [0.05, 0.1) is 4.90 Å². The largest absolute Gasteiger partial charge is 0.423 e. The number of hydrogen-bond donors (Lipinski definition) is 1. The van der Waals surface area contributed by atoms with Crippen LogP contribution in [-0.4, -0.2) is 26.9 Å². The minimum atomic E-state index is -3.70. The highest BCUT2D eigenvalue weighted by Crippen LogP contribution is 2.30. The molecule has 7 nitrogen and oxygen atoms in total. The fourth-order valence-electron chi connectivity index (χ4n) is 2.62. The molecule has 0 saturated heterocycles. The molecule has 2 aromatic rings. The molecule has 2 N–H and O–H groups in total. The van der Waals surface area contributed by atoms with Crippen LogP contribution in [-0.2, 0) is 25.8 Å². The van der Waals surface area contributed by atoms with E-state index < -0.39 is 21.8 Å². The molecule has 0 radical (unpaired) electrons. The third kappa shape index (κ3) is 6.55. The lowest BCUT2D eigenvalue weighted by Gasteiger charge is -2.09. The van der Waals surface area contributed by atoms with Crippen molar-refractivity contribution in [3.05, 3.63) is 59.0 Å². The average Bonchev–Trinajstić information content (AvgIpc) is 2.66. The molecule has 0 fully saturated rings. The number of carbonyl (C=O) groups is 2. The lowest BCUT2D eigenvalue weighted by Crippen LogP contribution is -2.07. The Bertz CT molecular complexity index is 1030. The third-order valence-electron chi connectivity index (χ3n) is 3.84. The number of rotatable bonds is 8. The van der Waals surface area contributed by atoms with Crippen molar-refractivity contribution < 1.29 is 27.5 Å². The maximum atomic E-state index is 12.8. The summed E-state index contributed by atoms with van der Waals surface area (Å²) in [6.07, 6.45) is 2.63. The van der Waals surface area contributed by atoms with Crippen LogP contribution in [0.1, 0.15) is 31.4 Å². The first-order valence-corrected chi connectivity index (χ1v) is 10.5. The molecule has 0 aliphatic heterocycles. The monoisotopic (exact) mass is 417 g/mol. The molecule has 0 aromatic heterocycles. The van der Waals surface area contributed by atoms with Crippen molar-refractivity contribution in [3.63, 3.8) is 0 Å². The van der Waals surface area contributed by atoms with Crippen LogP contribution < -0.4 is 15.2 Å². The van der Waals surface area contributed by atoms with E-state index in [1.807, 2.05) is 0 Å². The van der Waals surface area contributed by atoms with Gasteiger partial charge in [-0.15, -0.1) is 0 Å². The summed E-state index contributed by atoms with van der Waals surface area (Å²) < 4.78 is 35.6. The van der Waals surface area contributed by atoms with Gasteiger partial charge in [-0.05, 0) is 54.8 Å². The highest BCUT2D eigenvalue weighted by molar-refractivity contribution is 7.94. The molecule has 0 amide bonds. The van der Waals surface area contributed by atoms with E-state index in [1.165, 1.54) is 32.1 Å². The molecule has 0 aliphatic rings. The highest BCUT2D eigenvalue weighted by atomic mass is 32.2. The Morgan fingerprint density at radius 2 is 1.66 bits per heavy atom. The standard InChI is InChI=1S/C21H23NO6S/c1-15(23)27-19-10-9-17(14-20(19)28-16(2)24)11-13-29(25,26)21-8-4-3-6-18(21)7-5-12-22/h3-4,6,8-11,13-14H,5,7,12,22H2,1-2H3/b13-11+. The predicted octanol–water partition coefficient (Wildman–Crippen LogP) is 2.87. The summed E-state index contributed by atoms with van der Waals surface area (Å²) in [7, 11) is -3.70. The van der Waals surface area contributed by atoms with Crippen LogP contribution in [0.5, 0.6) is 11.5 Å².